The van der Waals surface area contributed by atoms with Crippen LogP contribution in [0.15, 0.2) is 41.2 Å². The Bertz CT molecular complexity index is 493. The van der Waals surface area contributed by atoms with Crippen molar-refractivity contribution in [2.75, 3.05) is 6.54 Å². The van der Waals surface area contributed by atoms with E-state index < -0.39 is 0 Å². The molecule has 0 radical (unpaired) electrons. The van der Waals surface area contributed by atoms with Gasteiger partial charge in [-0.2, -0.15) is 0 Å². The fraction of sp³-hybridized carbons (Fsp3) is 0.333. The Labute approximate surface area is 113 Å². The maximum atomic E-state index is 6.07. The number of rotatable bonds is 5. The molecule has 0 fully saturated rings. The number of halogens is 1. The minimum absolute atomic E-state index is 0.295. The summed E-state index contributed by atoms with van der Waals surface area (Å²) in [6, 6.07) is 8.50. The quantitative estimate of drug-likeness (QED) is 0.877. The second-order valence-electron chi connectivity index (χ2n) is 4.45. The van der Waals surface area contributed by atoms with Gasteiger partial charge in [-0.25, -0.2) is 0 Å². The Morgan fingerprint density at radius 1 is 1.33 bits per heavy atom. The van der Waals surface area contributed by atoms with Gasteiger partial charge in [0.1, 0.15) is 0 Å². The molecular formula is C15H18ClNO. The molecule has 3 heteroatoms. The first kappa shape index (κ1) is 13.2. The lowest BCUT2D eigenvalue weighted by atomic mass is 9.99. The fourth-order valence-electron chi connectivity index (χ4n) is 2.08. The van der Waals surface area contributed by atoms with Crippen LogP contribution in [0.1, 0.15) is 29.7 Å². The van der Waals surface area contributed by atoms with Crippen molar-refractivity contribution >= 4 is 11.6 Å². The number of nitrogens with one attached hydrogen (secondary N) is 1. The van der Waals surface area contributed by atoms with Gasteiger partial charge in [-0.3, -0.25) is 0 Å². The SMILES string of the molecule is CCNC(Cc1ccoc1)c1ccc(Cl)c(C)c1. The summed E-state index contributed by atoms with van der Waals surface area (Å²) in [5.41, 5.74) is 3.58. The summed E-state index contributed by atoms with van der Waals surface area (Å²) >= 11 is 6.07. The monoisotopic (exact) mass is 263 g/mol. The molecule has 0 bridgehead atoms. The third-order valence-electron chi connectivity index (χ3n) is 3.05. The second kappa shape index (κ2) is 6.07. The molecule has 2 nitrogen and oxygen atoms in total. The fourth-order valence-corrected chi connectivity index (χ4v) is 2.20. The highest BCUT2D eigenvalue weighted by molar-refractivity contribution is 6.31. The average Bonchev–Trinajstić information content (AvgIpc) is 2.85. The minimum atomic E-state index is 0.295. The molecule has 1 heterocycles. The molecule has 2 rings (SSSR count). The third kappa shape index (κ3) is 3.15. The standard InChI is InChI=1S/C15H18ClNO/c1-3-17-15(9-12-6-7-18-10-12)13-4-5-14(16)11(2)8-13/h4-8,10,15,17H,3,9H2,1-2H3. The zero-order chi connectivity index (χ0) is 13.0. The van der Waals surface area contributed by atoms with Crippen LogP contribution in [0.5, 0.6) is 0 Å². The Morgan fingerprint density at radius 2 is 2.17 bits per heavy atom. The van der Waals surface area contributed by atoms with Crippen LogP contribution in [0, 0.1) is 6.92 Å². The summed E-state index contributed by atoms with van der Waals surface area (Å²) in [6.07, 6.45) is 4.43. The summed E-state index contributed by atoms with van der Waals surface area (Å²) in [7, 11) is 0. The molecule has 0 aliphatic rings. The molecule has 18 heavy (non-hydrogen) atoms. The molecule has 1 N–H and O–H groups in total. The molecule has 1 atom stereocenters. The van der Waals surface area contributed by atoms with E-state index in [-0.39, 0.29) is 0 Å². The molecule has 0 aliphatic heterocycles. The lowest BCUT2D eigenvalue weighted by molar-refractivity contribution is 0.534. The largest absolute Gasteiger partial charge is 0.472 e. The number of likely N-dealkylation sites (N-methyl/N-ethyl adjacent to an activating group) is 1. The van der Waals surface area contributed by atoms with Crippen molar-refractivity contribution in [3.63, 3.8) is 0 Å². The van der Waals surface area contributed by atoms with Gasteiger partial charge < -0.3 is 9.73 Å². The zero-order valence-electron chi connectivity index (χ0n) is 10.7. The van der Waals surface area contributed by atoms with Crippen molar-refractivity contribution < 1.29 is 4.42 Å². The highest BCUT2D eigenvalue weighted by atomic mass is 35.5. The van der Waals surface area contributed by atoms with Crippen molar-refractivity contribution in [2.45, 2.75) is 26.3 Å². The lowest BCUT2D eigenvalue weighted by Crippen LogP contribution is -2.22. The number of hydrogen-bond acceptors (Lipinski definition) is 2. The Balaban J connectivity index is 2.20. The van der Waals surface area contributed by atoms with Crippen LogP contribution >= 0.6 is 11.6 Å². The maximum Gasteiger partial charge on any atom is 0.0935 e. The number of benzene rings is 1. The normalized spacial score (nSPS) is 12.6. The van der Waals surface area contributed by atoms with Crippen molar-refractivity contribution in [3.8, 4) is 0 Å². The summed E-state index contributed by atoms with van der Waals surface area (Å²) in [4.78, 5) is 0. The van der Waals surface area contributed by atoms with E-state index in [9.17, 15) is 0 Å². The van der Waals surface area contributed by atoms with E-state index in [2.05, 4.69) is 24.4 Å². The average molecular weight is 264 g/mol. The van der Waals surface area contributed by atoms with Gasteiger partial charge in [-0.05, 0) is 48.7 Å². The summed E-state index contributed by atoms with van der Waals surface area (Å²) in [5.74, 6) is 0. The van der Waals surface area contributed by atoms with E-state index in [0.717, 1.165) is 23.6 Å². The molecule has 1 unspecified atom stereocenters. The predicted octanol–water partition coefficient (Wildman–Crippen LogP) is 4.13. The van der Waals surface area contributed by atoms with Gasteiger partial charge in [-0.1, -0.05) is 30.7 Å². The van der Waals surface area contributed by atoms with E-state index in [1.54, 1.807) is 12.5 Å². The van der Waals surface area contributed by atoms with Crippen LogP contribution in [0.2, 0.25) is 5.02 Å². The number of aryl methyl sites for hydroxylation is 1. The van der Waals surface area contributed by atoms with E-state index in [1.807, 2.05) is 19.1 Å². The van der Waals surface area contributed by atoms with E-state index in [1.165, 1.54) is 11.1 Å². The maximum absolute atomic E-state index is 6.07. The Morgan fingerprint density at radius 3 is 2.78 bits per heavy atom. The van der Waals surface area contributed by atoms with Crippen LogP contribution < -0.4 is 5.32 Å². The van der Waals surface area contributed by atoms with Gasteiger partial charge in [0, 0.05) is 11.1 Å². The highest BCUT2D eigenvalue weighted by Gasteiger charge is 2.12. The van der Waals surface area contributed by atoms with Crippen LogP contribution in [0.3, 0.4) is 0 Å². The first-order valence-corrected chi connectivity index (χ1v) is 6.59. The van der Waals surface area contributed by atoms with Gasteiger partial charge in [0.15, 0.2) is 0 Å². The molecule has 0 saturated carbocycles. The lowest BCUT2D eigenvalue weighted by Gasteiger charge is -2.18. The van der Waals surface area contributed by atoms with Crippen molar-refractivity contribution in [2.24, 2.45) is 0 Å². The van der Waals surface area contributed by atoms with Gasteiger partial charge in [0.05, 0.1) is 12.5 Å². The molecule has 0 saturated heterocycles. The van der Waals surface area contributed by atoms with Crippen LogP contribution in [0.4, 0.5) is 0 Å². The van der Waals surface area contributed by atoms with E-state index >= 15 is 0 Å². The van der Waals surface area contributed by atoms with Gasteiger partial charge >= 0.3 is 0 Å². The smallest absolute Gasteiger partial charge is 0.0935 e. The summed E-state index contributed by atoms with van der Waals surface area (Å²) in [6.45, 7) is 5.09. The second-order valence-corrected chi connectivity index (χ2v) is 4.86. The van der Waals surface area contributed by atoms with E-state index in [4.69, 9.17) is 16.0 Å². The van der Waals surface area contributed by atoms with Gasteiger partial charge in [0.2, 0.25) is 0 Å². The number of furan rings is 1. The molecule has 0 spiro atoms. The first-order valence-electron chi connectivity index (χ1n) is 6.21. The topological polar surface area (TPSA) is 25.2 Å². The zero-order valence-corrected chi connectivity index (χ0v) is 11.5. The van der Waals surface area contributed by atoms with Crippen LogP contribution in [-0.2, 0) is 6.42 Å². The number of hydrogen-bond donors (Lipinski definition) is 1. The Hall–Kier alpha value is -1.25. The van der Waals surface area contributed by atoms with E-state index in [0.29, 0.717) is 6.04 Å². The highest BCUT2D eigenvalue weighted by Crippen LogP contribution is 2.23. The molecular weight excluding hydrogens is 246 g/mol. The molecule has 0 aliphatic carbocycles. The molecule has 1 aromatic heterocycles. The van der Waals surface area contributed by atoms with Crippen LogP contribution in [-0.4, -0.2) is 6.54 Å². The first-order chi connectivity index (χ1) is 8.70. The molecule has 2 aromatic rings. The van der Waals surface area contributed by atoms with Crippen molar-refractivity contribution in [1.29, 1.82) is 0 Å². The molecule has 1 aromatic carbocycles. The predicted molar refractivity (Wildman–Crippen MR) is 75.0 cm³/mol. The van der Waals surface area contributed by atoms with Gasteiger partial charge in [-0.15, -0.1) is 0 Å². The summed E-state index contributed by atoms with van der Waals surface area (Å²) < 4.78 is 5.12. The van der Waals surface area contributed by atoms with Crippen molar-refractivity contribution in [1.82, 2.24) is 5.32 Å². The van der Waals surface area contributed by atoms with Gasteiger partial charge in [0.25, 0.3) is 0 Å². The molecule has 0 amide bonds. The summed E-state index contributed by atoms with van der Waals surface area (Å²) in [5, 5.41) is 4.32. The molecule has 96 valence electrons. The Kier molecular flexibility index (Phi) is 4.45. The van der Waals surface area contributed by atoms with Crippen molar-refractivity contribution in [3.05, 3.63) is 58.5 Å². The third-order valence-corrected chi connectivity index (χ3v) is 3.48. The van der Waals surface area contributed by atoms with Crippen LogP contribution in [0.25, 0.3) is 0 Å². The minimum Gasteiger partial charge on any atom is -0.472 e.